The molecule has 1 aliphatic carbocycles. The highest BCUT2D eigenvalue weighted by Gasteiger charge is 2.59. The van der Waals surface area contributed by atoms with Crippen molar-refractivity contribution in [3.8, 4) is 17.2 Å². The van der Waals surface area contributed by atoms with Crippen molar-refractivity contribution >= 4 is 17.8 Å². The summed E-state index contributed by atoms with van der Waals surface area (Å²) in [4.78, 5) is 33.2. The van der Waals surface area contributed by atoms with Crippen LogP contribution < -0.4 is 25.4 Å². The van der Waals surface area contributed by atoms with Gasteiger partial charge in [-0.3, -0.25) is 15.0 Å². The fourth-order valence-corrected chi connectivity index (χ4v) is 6.23. The van der Waals surface area contributed by atoms with E-state index in [0.29, 0.717) is 41.7 Å². The number of pyridine rings is 1. The molecule has 3 unspecified atom stereocenters. The Bertz CT molecular complexity index is 1620. The highest BCUT2D eigenvalue weighted by atomic mass is 19.4. The molecule has 44 heavy (non-hydrogen) atoms. The number of likely N-dealkylation sites (N-methyl/N-ethyl adjacent to an activating group) is 1. The third-order valence-electron chi connectivity index (χ3n) is 8.74. The Labute approximate surface area is 251 Å². The van der Waals surface area contributed by atoms with Crippen LogP contribution in [-0.2, 0) is 19.3 Å². The second kappa shape index (κ2) is 11.0. The van der Waals surface area contributed by atoms with Crippen molar-refractivity contribution in [2.75, 3.05) is 38.0 Å². The minimum atomic E-state index is -4.58. The van der Waals surface area contributed by atoms with Crippen LogP contribution in [0.15, 0.2) is 48.7 Å². The van der Waals surface area contributed by atoms with Gasteiger partial charge in [-0.1, -0.05) is 13.0 Å². The number of urea groups is 1. The zero-order chi connectivity index (χ0) is 30.6. The molecule has 4 heterocycles. The first-order valence-electron chi connectivity index (χ1n) is 14.6. The van der Waals surface area contributed by atoms with Gasteiger partial charge in [0.25, 0.3) is 5.91 Å². The van der Waals surface area contributed by atoms with Gasteiger partial charge in [0.05, 0.1) is 29.6 Å². The van der Waals surface area contributed by atoms with E-state index in [-0.39, 0.29) is 48.3 Å². The van der Waals surface area contributed by atoms with Crippen LogP contribution >= 0.6 is 0 Å². The molecule has 0 radical (unpaired) electrons. The quantitative estimate of drug-likeness (QED) is 0.367. The smallest absolute Gasteiger partial charge is 0.416 e. The first kappa shape index (κ1) is 28.4. The number of nitrogens with one attached hydrogen (secondary N) is 3. The van der Waals surface area contributed by atoms with Crippen molar-refractivity contribution in [2.24, 2.45) is 0 Å². The zero-order valence-electron chi connectivity index (χ0n) is 23.9. The molecule has 3 amide bonds. The lowest BCUT2D eigenvalue weighted by Gasteiger charge is -2.34. The predicted octanol–water partition coefficient (Wildman–Crippen LogP) is 4.32. The average Bonchev–Trinajstić information content (AvgIpc) is 3.53. The van der Waals surface area contributed by atoms with Crippen molar-refractivity contribution in [2.45, 2.75) is 44.3 Å². The van der Waals surface area contributed by atoms with E-state index in [1.54, 1.807) is 24.4 Å². The van der Waals surface area contributed by atoms with E-state index in [1.165, 1.54) is 12.1 Å². The third-order valence-corrected chi connectivity index (χ3v) is 8.74. The van der Waals surface area contributed by atoms with Gasteiger partial charge in [-0.2, -0.15) is 13.2 Å². The third kappa shape index (κ3) is 5.41. The summed E-state index contributed by atoms with van der Waals surface area (Å²) < 4.78 is 54.4. The molecule has 1 saturated carbocycles. The summed E-state index contributed by atoms with van der Waals surface area (Å²) in [6.45, 7) is 6.50. The fraction of sp³-hybridized carbons (Fsp3) is 0.387. The topological polar surface area (TPSA) is 108 Å². The molecular formula is C31H31F3N6O4. The normalized spacial score (nSPS) is 22.5. The molecule has 10 nitrogen and oxygen atoms in total. The van der Waals surface area contributed by atoms with Crippen LogP contribution in [0.2, 0.25) is 0 Å². The number of fused-ring (bicyclic) bond motifs is 4. The summed E-state index contributed by atoms with van der Waals surface area (Å²) in [6.07, 6.45) is -3.34. The minimum absolute atomic E-state index is 0.0395. The van der Waals surface area contributed by atoms with Gasteiger partial charge in [0, 0.05) is 50.0 Å². The van der Waals surface area contributed by atoms with Gasteiger partial charge in [-0.15, -0.1) is 0 Å². The molecule has 3 N–H and O–H groups in total. The number of alkyl halides is 3. The molecule has 1 saturated heterocycles. The molecule has 230 valence electrons. The van der Waals surface area contributed by atoms with Crippen LogP contribution in [0.5, 0.6) is 17.2 Å². The van der Waals surface area contributed by atoms with Gasteiger partial charge in [-0.25, -0.2) is 9.78 Å². The Morgan fingerprint density at radius 3 is 2.68 bits per heavy atom. The standard InChI is InChI=1S/C31H31F3N6O4/c1-2-39-9-11-40(12-10-39)16-18-4-3-17(13-22(18)31(32,33)34)29(41)37-26-25-20-14-19(5-6-23(20)44-27(25)26)43-24-7-8-35-28-21(24)15-36-30(42)38-28/h3-8,13-14,25-27H,2,9-12,15-16H2,1H3,(H,37,41)(H2,35,36,38,42). The Balaban J connectivity index is 1.03. The predicted molar refractivity (Wildman–Crippen MR) is 154 cm³/mol. The number of halogens is 3. The largest absolute Gasteiger partial charge is 0.487 e. The lowest BCUT2D eigenvalue weighted by Crippen LogP contribution is -2.45. The van der Waals surface area contributed by atoms with Crippen LogP contribution in [0.1, 0.15) is 45.5 Å². The molecule has 2 fully saturated rings. The van der Waals surface area contributed by atoms with Gasteiger partial charge in [0.15, 0.2) is 0 Å². The number of anilines is 1. The van der Waals surface area contributed by atoms with Crippen molar-refractivity contribution in [3.05, 3.63) is 76.5 Å². The first-order chi connectivity index (χ1) is 21.2. The van der Waals surface area contributed by atoms with Crippen LogP contribution in [0.4, 0.5) is 23.8 Å². The van der Waals surface area contributed by atoms with Crippen molar-refractivity contribution < 1.29 is 32.2 Å². The van der Waals surface area contributed by atoms with Gasteiger partial charge in [-0.05, 0) is 48.5 Å². The van der Waals surface area contributed by atoms with Crippen molar-refractivity contribution in [3.63, 3.8) is 0 Å². The SMILES string of the molecule is CCN1CCN(Cc2ccc(C(=O)NC3C4Oc5ccc(Oc6ccnc7c6CNC(=O)N7)cc5C34)cc2C(F)(F)F)CC1. The lowest BCUT2D eigenvalue weighted by molar-refractivity contribution is -0.138. The number of amides is 3. The van der Waals surface area contributed by atoms with Crippen LogP contribution in [0, 0.1) is 0 Å². The molecule has 3 aromatic rings. The molecule has 2 aromatic carbocycles. The maximum Gasteiger partial charge on any atom is 0.416 e. The zero-order valence-corrected chi connectivity index (χ0v) is 23.9. The Kier molecular flexibility index (Phi) is 7.08. The van der Waals surface area contributed by atoms with Gasteiger partial charge >= 0.3 is 12.2 Å². The summed E-state index contributed by atoms with van der Waals surface area (Å²) in [7, 11) is 0. The van der Waals surface area contributed by atoms with E-state index in [1.807, 2.05) is 11.0 Å². The number of hydrogen-bond donors (Lipinski definition) is 3. The molecule has 3 atom stereocenters. The number of ether oxygens (including phenoxy) is 2. The molecule has 4 aliphatic rings. The van der Waals surface area contributed by atoms with Crippen molar-refractivity contribution in [1.29, 1.82) is 0 Å². The highest BCUT2D eigenvalue weighted by molar-refractivity contribution is 5.95. The van der Waals surface area contributed by atoms with E-state index >= 15 is 0 Å². The van der Waals surface area contributed by atoms with Gasteiger partial charge < -0.3 is 25.0 Å². The highest BCUT2D eigenvalue weighted by Crippen LogP contribution is 2.54. The van der Waals surface area contributed by atoms with E-state index in [9.17, 15) is 22.8 Å². The molecular weight excluding hydrogens is 577 g/mol. The van der Waals surface area contributed by atoms with Crippen molar-refractivity contribution in [1.82, 2.24) is 25.4 Å². The number of benzene rings is 2. The number of rotatable bonds is 7. The molecule has 0 bridgehead atoms. The van der Waals surface area contributed by atoms with Crippen LogP contribution in [-0.4, -0.2) is 71.6 Å². The van der Waals surface area contributed by atoms with E-state index in [0.717, 1.165) is 31.3 Å². The maximum atomic E-state index is 14.1. The number of carbonyl (C=O) groups is 2. The van der Waals surface area contributed by atoms with E-state index < -0.39 is 17.6 Å². The molecule has 13 heteroatoms. The van der Waals surface area contributed by atoms with E-state index in [4.69, 9.17) is 9.47 Å². The second-order valence-electron chi connectivity index (χ2n) is 11.4. The van der Waals surface area contributed by atoms with Gasteiger partial charge in [0.1, 0.15) is 29.2 Å². The summed E-state index contributed by atoms with van der Waals surface area (Å²) in [5.74, 6) is 1.45. The van der Waals surface area contributed by atoms with Crippen LogP contribution in [0.25, 0.3) is 0 Å². The Hall–Kier alpha value is -4.36. The van der Waals surface area contributed by atoms with Gasteiger partial charge in [0.2, 0.25) is 0 Å². The number of aromatic nitrogens is 1. The minimum Gasteiger partial charge on any atom is -0.487 e. The average molecular weight is 609 g/mol. The van der Waals surface area contributed by atoms with E-state index in [2.05, 4.69) is 32.8 Å². The summed E-state index contributed by atoms with van der Waals surface area (Å²) in [6, 6.07) is 10.2. The summed E-state index contributed by atoms with van der Waals surface area (Å²) in [5.41, 5.74) is 0.904. The fourth-order valence-electron chi connectivity index (χ4n) is 6.23. The maximum absolute atomic E-state index is 14.1. The molecule has 0 spiro atoms. The second-order valence-corrected chi connectivity index (χ2v) is 11.4. The summed E-state index contributed by atoms with van der Waals surface area (Å²) >= 11 is 0. The molecule has 7 rings (SSSR count). The monoisotopic (exact) mass is 608 g/mol. The number of hydrogen-bond acceptors (Lipinski definition) is 7. The Morgan fingerprint density at radius 2 is 1.91 bits per heavy atom. The number of piperazine rings is 1. The summed E-state index contributed by atoms with van der Waals surface area (Å²) in [5, 5.41) is 8.22. The van der Waals surface area contributed by atoms with Crippen LogP contribution in [0.3, 0.4) is 0 Å². The molecule has 1 aromatic heterocycles. The number of nitrogens with zero attached hydrogens (tertiary/aromatic N) is 3. The Morgan fingerprint density at radius 1 is 1.11 bits per heavy atom. The molecule has 3 aliphatic heterocycles. The lowest BCUT2D eigenvalue weighted by atomic mass is 10.0. The number of carbonyl (C=O) groups excluding carboxylic acids is 2. The first-order valence-corrected chi connectivity index (χ1v) is 14.6.